The molecule has 0 saturated carbocycles. The smallest absolute Gasteiger partial charge is 0.303 e. The number of hydrogen-bond acceptors (Lipinski definition) is 4. The zero-order valence-electron chi connectivity index (χ0n) is 21.0. The molecule has 0 unspecified atom stereocenters. The number of benzene rings is 3. The number of aliphatic carboxylic acids is 1. The van der Waals surface area contributed by atoms with Crippen molar-refractivity contribution in [2.24, 2.45) is 5.92 Å². The lowest BCUT2D eigenvalue weighted by molar-refractivity contribution is -0.136. The molecule has 0 fully saturated rings. The van der Waals surface area contributed by atoms with Gasteiger partial charge in [-0.05, 0) is 66.6 Å². The molecule has 0 radical (unpaired) electrons. The van der Waals surface area contributed by atoms with Crippen molar-refractivity contribution in [1.29, 1.82) is 5.26 Å². The van der Waals surface area contributed by atoms with Gasteiger partial charge in [-0.1, -0.05) is 61.9 Å². The molecular weight excluding hydrogens is 452 g/mol. The van der Waals surface area contributed by atoms with E-state index in [1.54, 1.807) is 36.4 Å². The average molecular weight is 485 g/mol. The van der Waals surface area contributed by atoms with Gasteiger partial charge < -0.3 is 15.2 Å². The molecule has 0 aromatic heterocycles. The number of nitrogens with zero attached hydrogens (tertiary/aromatic N) is 1. The highest BCUT2D eigenvalue weighted by Gasteiger charge is 2.20. The third-order valence-corrected chi connectivity index (χ3v) is 5.85. The average Bonchev–Trinajstić information content (AvgIpc) is 2.85. The lowest BCUT2D eigenvalue weighted by atomic mass is 9.94. The van der Waals surface area contributed by atoms with Crippen molar-refractivity contribution in [1.82, 2.24) is 5.32 Å². The number of carboxylic acids is 1. The van der Waals surface area contributed by atoms with Crippen LogP contribution >= 0.6 is 0 Å². The van der Waals surface area contributed by atoms with E-state index in [-0.39, 0.29) is 31.4 Å². The minimum absolute atomic E-state index is 0.0651. The van der Waals surface area contributed by atoms with Crippen molar-refractivity contribution in [3.05, 3.63) is 100 Å². The Kier molecular flexibility index (Phi) is 9.24. The molecule has 0 heterocycles. The van der Waals surface area contributed by atoms with Crippen LogP contribution in [0.1, 0.15) is 70.9 Å². The zero-order valence-corrected chi connectivity index (χ0v) is 21.0. The number of rotatable bonds is 11. The fourth-order valence-corrected chi connectivity index (χ4v) is 4.08. The molecule has 1 atom stereocenters. The van der Waals surface area contributed by atoms with Crippen LogP contribution < -0.4 is 10.1 Å². The van der Waals surface area contributed by atoms with E-state index in [9.17, 15) is 14.7 Å². The van der Waals surface area contributed by atoms with Crippen LogP contribution in [0.4, 0.5) is 0 Å². The van der Waals surface area contributed by atoms with Crippen molar-refractivity contribution in [3.8, 4) is 11.8 Å². The maximum atomic E-state index is 13.5. The van der Waals surface area contributed by atoms with Gasteiger partial charge in [0, 0.05) is 12.0 Å². The fourth-order valence-electron chi connectivity index (χ4n) is 4.08. The number of carboxylic acid groups (broad SMARTS) is 1. The summed E-state index contributed by atoms with van der Waals surface area (Å²) in [5, 5.41) is 21.5. The van der Waals surface area contributed by atoms with Crippen molar-refractivity contribution < 1.29 is 19.4 Å². The van der Waals surface area contributed by atoms with Gasteiger partial charge in [0.2, 0.25) is 0 Å². The van der Waals surface area contributed by atoms with E-state index in [2.05, 4.69) is 31.3 Å². The molecule has 36 heavy (non-hydrogen) atoms. The molecule has 3 aromatic carbocycles. The first-order valence-electron chi connectivity index (χ1n) is 12.1. The summed E-state index contributed by atoms with van der Waals surface area (Å²) in [6.07, 6.45) is 0.963. The first-order valence-corrected chi connectivity index (χ1v) is 12.1. The molecular formula is C30H32N2O4. The monoisotopic (exact) mass is 484 g/mol. The third-order valence-electron chi connectivity index (χ3n) is 5.85. The minimum atomic E-state index is -0.913. The van der Waals surface area contributed by atoms with Gasteiger partial charge in [0.05, 0.1) is 17.7 Å². The van der Waals surface area contributed by atoms with Gasteiger partial charge in [0.15, 0.2) is 0 Å². The number of hydrogen-bond donors (Lipinski definition) is 2. The van der Waals surface area contributed by atoms with Crippen molar-refractivity contribution >= 4 is 11.9 Å². The molecule has 3 aromatic rings. The number of aryl methyl sites for hydroxylation is 2. The molecule has 0 saturated heterocycles. The lowest BCUT2D eigenvalue weighted by Crippen LogP contribution is -2.30. The van der Waals surface area contributed by atoms with Crippen LogP contribution in [0.2, 0.25) is 0 Å². The predicted octanol–water partition coefficient (Wildman–Crippen LogP) is 5.98. The molecule has 3 rings (SSSR count). The summed E-state index contributed by atoms with van der Waals surface area (Å²) in [4.78, 5) is 24.7. The Bertz CT molecular complexity index is 1260. The van der Waals surface area contributed by atoms with Crippen LogP contribution in [-0.2, 0) is 17.8 Å². The Hall–Kier alpha value is -4.11. The Morgan fingerprint density at radius 3 is 2.53 bits per heavy atom. The van der Waals surface area contributed by atoms with Crippen LogP contribution in [-0.4, -0.2) is 17.0 Å². The van der Waals surface area contributed by atoms with E-state index < -0.39 is 5.97 Å². The van der Waals surface area contributed by atoms with E-state index in [1.165, 1.54) is 0 Å². The van der Waals surface area contributed by atoms with E-state index in [0.717, 1.165) is 23.1 Å². The fraction of sp³-hybridized carbons (Fsp3) is 0.300. The SMILES string of the molecule is Cc1cccc([C@@H](CC(C)C)NC(=O)c2cc(COc3cccc(C#N)c3)ccc2CCC(=O)O)c1. The second-order valence-electron chi connectivity index (χ2n) is 9.38. The van der Waals surface area contributed by atoms with E-state index in [1.807, 2.05) is 31.2 Å². The van der Waals surface area contributed by atoms with Gasteiger partial charge in [-0.15, -0.1) is 0 Å². The maximum absolute atomic E-state index is 13.5. The topological polar surface area (TPSA) is 99.4 Å². The number of carbonyl (C=O) groups excluding carboxylic acids is 1. The standard InChI is InChI=1S/C30H32N2O4/c1-20(2)14-28(25-8-4-6-21(3)15-25)32-30(35)27-17-23(10-11-24(27)12-13-29(33)34)19-36-26-9-5-7-22(16-26)18-31/h4-11,15-17,20,28H,12-14,19H2,1-3H3,(H,32,35)(H,33,34)/t28-/m1/s1. The molecule has 0 bridgehead atoms. The van der Waals surface area contributed by atoms with Gasteiger partial charge >= 0.3 is 5.97 Å². The highest BCUT2D eigenvalue weighted by molar-refractivity contribution is 5.96. The molecule has 1 amide bonds. The molecule has 0 aliphatic heterocycles. The number of nitriles is 1. The summed E-state index contributed by atoms with van der Waals surface area (Å²) >= 11 is 0. The lowest BCUT2D eigenvalue weighted by Gasteiger charge is -2.23. The molecule has 2 N–H and O–H groups in total. The summed E-state index contributed by atoms with van der Waals surface area (Å²) in [5.41, 5.74) is 4.57. The van der Waals surface area contributed by atoms with E-state index in [0.29, 0.717) is 28.4 Å². The number of nitrogens with one attached hydrogen (secondary N) is 1. The summed E-state index contributed by atoms with van der Waals surface area (Å²) in [6.45, 7) is 6.47. The first kappa shape index (κ1) is 26.5. The predicted molar refractivity (Wildman–Crippen MR) is 139 cm³/mol. The van der Waals surface area contributed by atoms with Gasteiger partial charge in [-0.2, -0.15) is 5.26 Å². The quantitative estimate of drug-likeness (QED) is 0.349. The van der Waals surface area contributed by atoms with Crippen LogP contribution in [0.5, 0.6) is 5.75 Å². The second-order valence-corrected chi connectivity index (χ2v) is 9.38. The summed E-state index contributed by atoms with van der Waals surface area (Å²) in [5.74, 6) is -0.225. The van der Waals surface area contributed by atoms with Crippen LogP contribution in [0.15, 0.2) is 66.7 Å². The largest absolute Gasteiger partial charge is 0.489 e. The van der Waals surface area contributed by atoms with Gasteiger partial charge in [0.1, 0.15) is 12.4 Å². The van der Waals surface area contributed by atoms with Crippen LogP contribution in [0.25, 0.3) is 0 Å². The summed E-state index contributed by atoms with van der Waals surface area (Å²) in [7, 11) is 0. The normalized spacial score (nSPS) is 11.5. The molecule has 0 spiro atoms. The zero-order chi connectivity index (χ0) is 26.1. The second kappa shape index (κ2) is 12.6. The number of ether oxygens (including phenoxy) is 1. The minimum Gasteiger partial charge on any atom is -0.489 e. The number of carbonyl (C=O) groups is 2. The molecule has 6 heteroatoms. The van der Waals surface area contributed by atoms with E-state index >= 15 is 0 Å². The molecule has 6 nitrogen and oxygen atoms in total. The Labute approximate surface area is 212 Å². The van der Waals surface area contributed by atoms with Crippen molar-refractivity contribution in [2.45, 2.75) is 52.7 Å². The molecule has 0 aliphatic carbocycles. The van der Waals surface area contributed by atoms with Gasteiger partial charge in [0.25, 0.3) is 5.91 Å². The van der Waals surface area contributed by atoms with Crippen LogP contribution in [0, 0.1) is 24.2 Å². The highest BCUT2D eigenvalue weighted by atomic mass is 16.5. The Morgan fingerprint density at radius 1 is 1.06 bits per heavy atom. The maximum Gasteiger partial charge on any atom is 0.303 e. The summed E-state index contributed by atoms with van der Waals surface area (Å²) < 4.78 is 5.85. The first-order chi connectivity index (χ1) is 17.2. The van der Waals surface area contributed by atoms with Crippen molar-refractivity contribution in [3.63, 3.8) is 0 Å². The summed E-state index contributed by atoms with van der Waals surface area (Å²) in [6, 6.07) is 22.3. The molecule has 0 aliphatic rings. The number of amides is 1. The van der Waals surface area contributed by atoms with Gasteiger partial charge in [-0.3, -0.25) is 9.59 Å². The van der Waals surface area contributed by atoms with Crippen molar-refractivity contribution in [2.75, 3.05) is 0 Å². The Morgan fingerprint density at radius 2 is 1.83 bits per heavy atom. The van der Waals surface area contributed by atoms with Crippen LogP contribution in [0.3, 0.4) is 0 Å². The van der Waals surface area contributed by atoms with Gasteiger partial charge in [-0.25, -0.2) is 0 Å². The third kappa shape index (κ3) is 7.71. The molecule has 186 valence electrons. The Balaban J connectivity index is 1.86. The van der Waals surface area contributed by atoms with E-state index in [4.69, 9.17) is 10.00 Å². The highest BCUT2D eigenvalue weighted by Crippen LogP contribution is 2.24.